The van der Waals surface area contributed by atoms with E-state index in [1.807, 2.05) is 0 Å². The van der Waals surface area contributed by atoms with E-state index in [1.54, 1.807) is 0 Å². The fourth-order valence-corrected chi connectivity index (χ4v) is 2.42. The average Bonchev–Trinajstić information content (AvgIpc) is 2.82. The summed E-state index contributed by atoms with van der Waals surface area (Å²) in [4.78, 5) is 0. The van der Waals surface area contributed by atoms with E-state index in [-0.39, 0.29) is 19.8 Å². The molecule has 0 spiro atoms. The van der Waals surface area contributed by atoms with Crippen LogP contribution in [0.25, 0.3) is 0 Å². The summed E-state index contributed by atoms with van der Waals surface area (Å²) in [5.74, 6) is 0. The van der Waals surface area contributed by atoms with Gasteiger partial charge in [0.2, 0.25) is 0 Å². The van der Waals surface area contributed by atoms with E-state index in [0.717, 1.165) is 13.2 Å². The van der Waals surface area contributed by atoms with E-state index >= 15 is 0 Å². The first kappa shape index (κ1) is 40.9. The van der Waals surface area contributed by atoms with Crippen molar-refractivity contribution in [2.24, 2.45) is 0 Å². The van der Waals surface area contributed by atoms with Gasteiger partial charge in [0, 0.05) is 13.2 Å². The fraction of sp³-hybridized carbons (Fsp3) is 1.00. The van der Waals surface area contributed by atoms with E-state index in [4.69, 9.17) is 35.4 Å². The van der Waals surface area contributed by atoms with Crippen molar-refractivity contribution in [1.29, 1.82) is 0 Å². The number of hydrogen-bond donors (Lipinski definition) is 6. The molecule has 0 radical (unpaired) electrons. The van der Waals surface area contributed by atoms with Crippen LogP contribution >= 0.6 is 0 Å². The Labute approximate surface area is 211 Å². The summed E-state index contributed by atoms with van der Waals surface area (Å²) in [6.07, 6.45) is 17.6. The molecule has 7 nitrogen and oxygen atoms in total. The van der Waals surface area contributed by atoms with Gasteiger partial charge in [-0.15, -0.1) is 0 Å². The minimum absolute atomic E-state index is 0.139. The molecule has 0 aliphatic carbocycles. The van der Waals surface area contributed by atoms with Gasteiger partial charge in [0.05, 0.1) is 38.1 Å². The van der Waals surface area contributed by atoms with Crippen molar-refractivity contribution in [1.82, 2.24) is 0 Å². The highest BCUT2D eigenvalue weighted by Gasteiger charge is 1.93. The van der Waals surface area contributed by atoms with Gasteiger partial charge < -0.3 is 35.4 Å². The van der Waals surface area contributed by atoms with E-state index in [2.05, 4.69) is 13.8 Å². The standard InChI is InChI=1S/C18H38O.3C3H8O2/c1-3-5-7-9-11-13-15-17-19-18-16-14-12-10-8-6-4-2;3*1-3(5)2-4/h3-18H2,1-2H3;3*3-5H,2H2,1H3. The van der Waals surface area contributed by atoms with Crippen molar-refractivity contribution >= 4 is 0 Å². The maximum Gasteiger partial charge on any atom is 0.0742 e. The number of unbranched alkanes of at least 4 members (excludes halogenated alkanes) is 12. The quantitative estimate of drug-likeness (QED) is 0.144. The summed E-state index contributed by atoms with van der Waals surface area (Å²) in [5.41, 5.74) is 0. The third-order valence-corrected chi connectivity index (χ3v) is 4.58. The Morgan fingerprint density at radius 3 is 0.853 bits per heavy atom. The molecule has 0 amide bonds. The molecule has 0 bridgehead atoms. The number of ether oxygens (including phenoxy) is 1. The topological polar surface area (TPSA) is 131 Å². The first-order valence-corrected chi connectivity index (χ1v) is 13.7. The van der Waals surface area contributed by atoms with E-state index in [0.29, 0.717) is 0 Å². The van der Waals surface area contributed by atoms with Crippen LogP contribution in [0.5, 0.6) is 0 Å². The molecule has 3 unspecified atom stereocenters. The van der Waals surface area contributed by atoms with Gasteiger partial charge in [0.25, 0.3) is 0 Å². The summed E-state index contributed by atoms with van der Waals surface area (Å²) in [5, 5.41) is 48.0. The predicted octanol–water partition coefficient (Wildman–Crippen LogP) is 4.58. The summed E-state index contributed by atoms with van der Waals surface area (Å²) in [6.45, 7) is 10.7. The zero-order valence-corrected chi connectivity index (χ0v) is 23.3. The van der Waals surface area contributed by atoms with Gasteiger partial charge in [-0.3, -0.25) is 0 Å². The lowest BCUT2D eigenvalue weighted by Gasteiger charge is -2.04. The van der Waals surface area contributed by atoms with Crippen LogP contribution in [0.1, 0.15) is 125 Å². The average molecular weight is 499 g/mol. The van der Waals surface area contributed by atoms with Gasteiger partial charge in [-0.2, -0.15) is 0 Å². The SMILES string of the molecule is CC(O)CO.CC(O)CO.CC(O)CO.CCCCCCCCCOCCCCCCCCC. The van der Waals surface area contributed by atoms with Crippen LogP contribution < -0.4 is 0 Å². The number of rotatable bonds is 19. The van der Waals surface area contributed by atoms with Crippen LogP contribution in [-0.4, -0.2) is 82.0 Å². The van der Waals surface area contributed by atoms with Gasteiger partial charge in [0.15, 0.2) is 0 Å². The molecule has 0 heterocycles. The molecule has 212 valence electrons. The first-order valence-electron chi connectivity index (χ1n) is 13.7. The maximum atomic E-state index is 8.11. The molecule has 0 aromatic carbocycles. The molecular formula is C27H62O7. The fourth-order valence-electron chi connectivity index (χ4n) is 2.42. The molecule has 7 heteroatoms. The third kappa shape index (κ3) is 63.5. The summed E-state index contributed by atoms with van der Waals surface area (Å²) in [7, 11) is 0. The van der Waals surface area contributed by atoms with Crippen LogP contribution in [-0.2, 0) is 4.74 Å². The number of hydrogen-bond acceptors (Lipinski definition) is 7. The normalized spacial score (nSPS) is 12.8. The molecule has 0 aromatic heterocycles. The second-order valence-electron chi connectivity index (χ2n) is 8.95. The zero-order valence-electron chi connectivity index (χ0n) is 23.3. The molecule has 0 aliphatic heterocycles. The molecule has 34 heavy (non-hydrogen) atoms. The number of aliphatic hydroxyl groups is 6. The Kier molecular flexibility index (Phi) is 48.0. The van der Waals surface area contributed by atoms with Crippen molar-refractivity contribution in [2.75, 3.05) is 33.0 Å². The zero-order chi connectivity index (χ0) is 26.9. The molecule has 0 saturated heterocycles. The lowest BCUT2D eigenvalue weighted by molar-refractivity contribution is 0.110. The highest BCUT2D eigenvalue weighted by molar-refractivity contribution is 4.47. The van der Waals surface area contributed by atoms with Crippen LogP contribution in [0, 0.1) is 0 Å². The van der Waals surface area contributed by atoms with Crippen LogP contribution in [0.2, 0.25) is 0 Å². The van der Waals surface area contributed by atoms with Gasteiger partial charge in [-0.05, 0) is 33.6 Å². The molecule has 0 rings (SSSR count). The molecule has 0 fully saturated rings. The van der Waals surface area contributed by atoms with Crippen molar-refractivity contribution in [3.63, 3.8) is 0 Å². The van der Waals surface area contributed by atoms with Crippen molar-refractivity contribution < 1.29 is 35.4 Å². The highest BCUT2D eigenvalue weighted by atomic mass is 16.5. The minimum Gasteiger partial charge on any atom is -0.394 e. The Hall–Kier alpha value is -0.280. The van der Waals surface area contributed by atoms with Crippen LogP contribution in [0.15, 0.2) is 0 Å². The van der Waals surface area contributed by atoms with Crippen LogP contribution in [0.4, 0.5) is 0 Å². The van der Waals surface area contributed by atoms with Crippen molar-refractivity contribution in [3.05, 3.63) is 0 Å². The molecule has 3 atom stereocenters. The van der Waals surface area contributed by atoms with Gasteiger partial charge in [0.1, 0.15) is 0 Å². The minimum atomic E-state index is -0.560. The second kappa shape index (κ2) is 39.9. The lowest BCUT2D eigenvalue weighted by Crippen LogP contribution is -2.03. The van der Waals surface area contributed by atoms with Gasteiger partial charge in [-0.1, -0.05) is 90.9 Å². The lowest BCUT2D eigenvalue weighted by atomic mass is 10.1. The molecule has 0 saturated carbocycles. The highest BCUT2D eigenvalue weighted by Crippen LogP contribution is 2.08. The van der Waals surface area contributed by atoms with Crippen molar-refractivity contribution in [3.8, 4) is 0 Å². The van der Waals surface area contributed by atoms with E-state index < -0.39 is 18.3 Å². The summed E-state index contributed by atoms with van der Waals surface area (Å²) in [6, 6.07) is 0. The Bertz CT molecular complexity index is 266. The van der Waals surface area contributed by atoms with Crippen LogP contribution in [0.3, 0.4) is 0 Å². The molecule has 0 aromatic rings. The monoisotopic (exact) mass is 498 g/mol. The third-order valence-electron chi connectivity index (χ3n) is 4.58. The van der Waals surface area contributed by atoms with E-state index in [1.165, 1.54) is 111 Å². The van der Waals surface area contributed by atoms with Gasteiger partial charge in [-0.25, -0.2) is 0 Å². The maximum absolute atomic E-state index is 8.11. The summed E-state index contributed by atoms with van der Waals surface area (Å²) >= 11 is 0. The Morgan fingerprint density at radius 2 is 0.647 bits per heavy atom. The smallest absolute Gasteiger partial charge is 0.0742 e. The van der Waals surface area contributed by atoms with E-state index in [9.17, 15) is 0 Å². The molecule has 0 aliphatic rings. The second-order valence-corrected chi connectivity index (χ2v) is 8.95. The predicted molar refractivity (Wildman–Crippen MR) is 143 cm³/mol. The van der Waals surface area contributed by atoms with Gasteiger partial charge >= 0.3 is 0 Å². The Balaban J connectivity index is -0.000000242. The molecular weight excluding hydrogens is 436 g/mol. The first-order chi connectivity index (χ1) is 16.2. The summed E-state index contributed by atoms with van der Waals surface area (Å²) < 4.78 is 5.69. The van der Waals surface area contributed by atoms with Crippen molar-refractivity contribution in [2.45, 2.75) is 143 Å². The number of aliphatic hydroxyl groups excluding tert-OH is 6. The largest absolute Gasteiger partial charge is 0.394 e. The Morgan fingerprint density at radius 1 is 0.441 bits per heavy atom. The molecule has 6 N–H and O–H groups in total.